The van der Waals surface area contributed by atoms with Crippen LogP contribution in [-0.2, 0) is 35.2 Å². The first-order chi connectivity index (χ1) is 20.8. The lowest BCUT2D eigenvalue weighted by molar-refractivity contribution is -0.143. The van der Waals surface area contributed by atoms with E-state index in [1.54, 1.807) is 0 Å². The Bertz CT molecular complexity index is 1190. The summed E-state index contributed by atoms with van der Waals surface area (Å²) in [6, 6.07) is 5.17. The van der Waals surface area contributed by atoms with Crippen molar-refractivity contribution in [2.24, 2.45) is 11.8 Å². The van der Waals surface area contributed by atoms with E-state index in [-0.39, 0.29) is 31.2 Å². The summed E-state index contributed by atoms with van der Waals surface area (Å²) in [5.74, 6) is -5.74. The summed E-state index contributed by atoms with van der Waals surface area (Å²) >= 11 is 0. The molecule has 0 aliphatic carbocycles. The van der Waals surface area contributed by atoms with Gasteiger partial charge in [0.05, 0.1) is 30.5 Å². The third kappa shape index (κ3) is 10.1. The van der Waals surface area contributed by atoms with Gasteiger partial charge in [-0.3, -0.25) is 33.7 Å². The van der Waals surface area contributed by atoms with Gasteiger partial charge < -0.3 is 31.5 Å². The van der Waals surface area contributed by atoms with Crippen molar-refractivity contribution in [1.82, 2.24) is 26.2 Å². The van der Waals surface area contributed by atoms with Gasteiger partial charge in [-0.15, -0.1) is 0 Å². The van der Waals surface area contributed by atoms with Crippen LogP contribution in [0.3, 0.4) is 0 Å². The largest absolute Gasteiger partial charge is 0.481 e. The Balaban J connectivity index is 1.97. The van der Waals surface area contributed by atoms with Gasteiger partial charge in [0.15, 0.2) is 5.78 Å². The number of fused-ring (bicyclic) bond motifs is 1. The highest BCUT2D eigenvalue weighted by Crippen LogP contribution is 2.19. The smallest absolute Gasteiger partial charge is 0.304 e. The molecule has 0 radical (unpaired) electrons. The molecule has 2 aliphatic rings. The average Bonchev–Trinajstić information content (AvgIpc) is 3.42. The monoisotopic (exact) mass is 615 g/mol. The van der Waals surface area contributed by atoms with Crippen LogP contribution in [0.4, 0.5) is 0 Å². The highest BCUT2D eigenvalue weighted by atomic mass is 16.4. The molecule has 0 unspecified atom stereocenters. The predicted octanol–water partition coefficient (Wildman–Crippen LogP) is -0.245. The number of aliphatic carboxylic acids is 1. The van der Waals surface area contributed by atoms with Gasteiger partial charge in [-0.1, -0.05) is 44.2 Å². The van der Waals surface area contributed by atoms with E-state index < -0.39 is 78.5 Å². The molecule has 13 heteroatoms. The molecule has 4 amide bonds. The molecule has 1 aromatic rings. The van der Waals surface area contributed by atoms with E-state index in [1.165, 1.54) is 6.92 Å². The minimum Gasteiger partial charge on any atom is -0.481 e. The second-order valence-corrected chi connectivity index (χ2v) is 12.1. The molecule has 13 nitrogen and oxygen atoms in total. The molecule has 3 rings (SSSR count). The minimum atomic E-state index is -1.39. The van der Waals surface area contributed by atoms with Crippen molar-refractivity contribution in [3.8, 4) is 0 Å². The number of hydrogen-bond donors (Lipinski definition) is 6. The van der Waals surface area contributed by atoms with Gasteiger partial charge in [0, 0.05) is 25.9 Å². The molecule has 6 N–H and O–H groups in total. The number of hydrogen-bond acceptors (Lipinski definition) is 8. The summed E-state index contributed by atoms with van der Waals surface area (Å²) in [5, 5.41) is 30.5. The van der Waals surface area contributed by atoms with Gasteiger partial charge in [-0.2, -0.15) is 0 Å². The summed E-state index contributed by atoms with van der Waals surface area (Å²) in [4.78, 5) is 80.5. The molecule has 6 atom stereocenters. The van der Waals surface area contributed by atoms with Crippen molar-refractivity contribution in [2.45, 2.75) is 89.6 Å². The quantitative estimate of drug-likeness (QED) is 0.240. The van der Waals surface area contributed by atoms with Crippen LogP contribution in [0.25, 0.3) is 0 Å². The van der Waals surface area contributed by atoms with E-state index in [2.05, 4.69) is 21.3 Å². The Hall–Kier alpha value is -3.84. The van der Waals surface area contributed by atoms with Crippen LogP contribution in [0.2, 0.25) is 0 Å². The molecule has 1 aromatic carbocycles. The van der Waals surface area contributed by atoms with Crippen molar-refractivity contribution >= 4 is 35.4 Å². The summed E-state index contributed by atoms with van der Waals surface area (Å²) in [5.41, 5.74) is 0.804. The predicted molar refractivity (Wildman–Crippen MR) is 160 cm³/mol. The number of nitrogens with one attached hydrogen (secondary N) is 4. The summed E-state index contributed by atoms with van der Waals surface area (Å²) < 4.78 is 0. The minimum absolute atomic E-state index is 0.0496. The lowest BCUT2D eigenvalue weighted by atomic mass is 9.90. The van der Waals surface area contributed by atoms with Crippen LogP contribution < -0.4 is 21.3 Å². The molecule has 0 spiro atoms. The number of nitrogens with zero attached hydrogens (tertiary/aromatic N) is 1. The average molecular weight is 616 g/mol. The number of benzene rings is 1. The first-order valence-corrected chi connectivity index (χ1v) is 15.2. The summed E-state index contributed by atoms with van der Waals surface area (Å²) in [6.07, 6.45) is -0.838. The van der Waals surface area contributed by atoms with Gasteiger partial charge in [-0.25, -0.2) is 0 Å². The van der Waals surface area contributed by atoms with Crippen LogP contribution in [0.15, 0.2) is 30.3 Å². The molecule has 2 saturated heterocycles. The molecule has 242 valence electrons. The zero-order valence-electron chi connectivity index (χ0n) is 25.6. The number of carboxylic acids is 1. The number of rotatable bonds is 7. The van der Waals surface area contributed by atoms with E-state index in [4.69, 9.17) is 0 Å². The Morgan fingerprint density at radius 2 is 1.59 bits per heavy atom. The molecule has 0 bridgehead atoms. The zero-order valence-corrected chi connectivity index (χ0v) is 25.6. The number of carbonyl (C=O) groups is 6. The molecule has 2 heterocycles. The fraction of sp³-hybridized carbons (Fsp3) is 0.613. The Morgan fingerprint density at radius 3 is 2.23 bits per heavy atom. The van der Waals surface area contributed by atoms with Crippen molar-refractivity contribution in [3.63, 3.8) is 0 Å². The Morgan fingerprint density at radius 1 is 0.909 bits per heavy atom. The van der Waals surface area contributed by atoms with E-state index in [0.717, 1.165) is 12.0 Å². The lowest BCUT2D eigenvalue weighted by Gasteiger charge is -2.29. The second-order valence-electron chi connectivity index (χ2n) is 12.1. The highest BCUT2D eigenvalue weighted by molar-refractivity contribution is 5.97. The highest BCUT2D eigenvalue weighted by Gasteiger charge is 2.37. The molecule has 0 aromatic heterocycles. The van der Waals surface area contributed by atoms with Crippen LogP contribution in [0.5, 0.6) is 0 Å². The van der Waals surface area contributed by atoms with Gasteiger partial charge in [-0.05, 0) is 44.2 Å². The van der Waals surface area contributed by atoms with Crippen molar-refractivity contribution in [2.75, 3.05) is 19.6 Å². The molecule has 0 saturated carbocycles. The van der Waals surface area contributed by atoms with Crippen LogP contribution in [0.1, 0.15) is 58.4 Å². The molecule has 2 aliphatic heterocycles. The Kier molecular flexibility index (Phi) is 12.8. The van der Waals surface area contributed by atoms with Gasteiger partial charge in [0.2, 0.25) is 23.6 Å². The zero-order chi connectivity index (χ0) is 32.4. The maximum absolute atomic E-state index is 13.7. The van der Waals surface area contributed by atoms with E-state index >= 15 is 0 Å². The second kappa shape index (κ2) is 16.3. The molecular formula is C31H45N5O8. The lowest BCUT2D eigenvalue weighted by Crippen LogP contribution is -2.57. The van der Waals surface area contributed by atoms with E-state index in [1.807, 2.05) is 49.1 Å². The van der Waals surface area contributed by atoms with Crippen LogP contribution >= 0.6 is 0 Å². The van der Waals surface area contributed by atoms with Crippen molar-refractivity contribution in [1.29, 1.82) is 0 Å². The molecule has 2 fully saturated rings. The first-order valence-electron chi connectivity index (χ1n) is 15.2. The van der Waals surface area contributed by atoms with Crippen LogP contribution in [-0.4, -0.2) is 100 Å². The van der Waals surface area contributed by atoms with E-state index in [9.17, 15) is 39.0 Å². The number of Topliss-reactive ketones (excluding diaryl/α,β-unsaturated/α-hetero) is 1. The summed E-state index contributed by atoms with van der Waals surface area (Å²) in [6.45, 7) is 6.05. The molecule has 44 heavy (non-hydrogen) atoms. The number of carboxylic acid groups (broad SMARTS) is 1. The summed E-state index contributed by atoms with van der Waals surface area (Å²) in [7, 11) is 0. The third-order valence-corrected chi connectivity index (χ3v) is 7.99. The van der Waals surface area contributed by atoms with Crippen LogP contribution in [0, 0.1) is 11.8 Å². The SMILES string of the molecule is CC(C)C[C@@H]1NC(=O)[C@H](Cc2ccccc2)NC(=O)[C@@H]2CCCN2CCNC(=O)[C@H]([C@@H](C)O)NC(=O)[C@H](CC(=O)O)CC1=O. The number of aliphatic hydroxyl groups is 1. The van der Waals surface area contributed by atoms with Crippen molar-refractivity contribution < 1.29 is 39.0 Å². The number of aliphatic hydroxyl groups excluding tert-OH is 1. The van der Waals surface area contributed by atoms with Gasteiger partial charge in [0.1, 0.15) is 12.1 Å². The number of amides is 4. The number of ketones is 1. The molecular weight excluding hydrogens is 570 g/mol. The maximum Gasteiger partial charge on any atom is 0.304 e. The Labute approximate surface area is 257 Å². The topological polar surface area (TPSA) is 194 Å². The normalized spacial score (nSPS) is 27.3. The first kappa shape index (κ1) is 34.6. The fourth-order valence-corrected chi connectivity index (χ4v) is 5.69. The van der Waals surface area contributed by atoms with E-state index in [0.29, 0.717) is 19.5 Å². The fourth-order valence-electron chi connectivity index (χ4n) is 5.69. The maximum atomic E-state index is 13.7. The number of carbonyl (C=O) groups excluding carboxylic acids is 5. The van der Waals surface area contributed by atoms with Gasteiger partial charge in [0.25, 0.3) is 0 Å². The third-order valence-electron chi connectivity index (χ3n) is 7.99. The van der Waals surface area contributed by atoms with Crippen molar-refractivity contribution in [3.05, 3.63) is 35.9 Å². The van der Waals surface area contributed by atoms with Gasteiger partial charge >= 0.3 is 5.97 Å². The standard InChI is InChI=1S/C31H45N5O8/c1-18(2)14-22-25(38)16-21(17-26(39)40)28(41)35-27(19(3)37)31(44)32-11-13-36-12-7-10-24(36)30(43)34-23(29(42)33-22)15-20-8-5-4-6-9-20/h4-6,8-9,18-19,21-24,27,37H,7,10-17H2,1-3H3,(H,32,44)(H,33,42)(H,34,43)(H,35,41)(H,39,40)/t19-,21+,22+,23+,24+,27+/m1/s1.